The molecule has 5 rings (SSSR count). The van der Waals surface area contributed by atoms with Gasteiger partial charge in [0, 0.05) is 18.0 Å². The Hall–Kier alpha value is -3.23. The Bertz CT molecular complexity index is 1430. The van der Waals surface area contributed by atoms with Crippen molar-refractivity contribution in [2.45, 2.75) is 38.3 Å². The molecule has 5 N–H and O–H groups in total. The maximum Gasteiger partial charge on any atom is 0.146 e. The number of aliphatic hydroxyl groups is 1. The normalized spacial score (nSPS) is 21.6. The lowest BCUT2D eigenvalue weighted by molar-refractivity contribution is 0.0825. The van der Waals surface area contributed by atoms with Crippen LogP contribution in [0.3, 0.4) is 0 Å². The first-order chi connectivity index (χ1) is 15.6. The molecule has 3 aromatic heterocycles. The molecule has 0 spiro atoms. The van der Waals surface area contributed by atoms with Crippen LogP contribution < -0.4 is 11.5 Å². The van der Waals surface area contributed by atoms with Crippen LogP contribution in [0.2, 0.25) is 5.02 Å². The zero-order chi connectivity index (χ0) is 23.5. The van der Waals surface area contributed by atoms with Crippen molar-refractivity contribution < 1.29 is 9.50 Å². The van der Waals surface area contributed by atoms with E-state index in [0.717, 1.165) is 22.2 Å². The predicted octanol–water partition coefficient (Wildman–Crippen LogP) is 4.44. The molecule has 7 nitrogen and oxygen atoms in total. The van der Waals surface area contributed by atoms with Crippen LogP contribution >= 0.6 is 11.6 Å². The van der Waals surface area contributed by atoms with Crippen LogP contribution in [-0.2, 0) is 6.42 Å². The zero-order valence-electron chi connectivity index (χ0n) is 18.3. The Morgan fingerprint density at radius 1 is 1.24 bits per heavy atom. The lowest BCUT2D eigenvalue weighted by Crippen LogP contribution is -2.28. The Balaban J connectivity index is 1.46. The van der Waals surface area contributed by atoms with Crippen molar-refractivity contribution in [1.29, 1.82) is 0 Å². The number of hydrogen-bond acceptors (Lipinski definition) is 6. The van der Waals surface area contributed by atoms with E-state index in [9.17, 15) is 9.50 Å². The minimum atomic E-state index is -1.01. The number of rotatable bonds is 4. The van der Waals surface area contributed by atoms with Gasteiger partial charge in [0.1, 0.15) is 29.4 Å². The van der Waals surface area contributed by atoms with Gasteiger partial charge >= 0.3 is 0 Å². The third kappa shape index (κ3) is 3.69. The van der Waals surface area contributed by atoms with Gasteiger partial charge in [-0.2, -0.15) is 0 Å². The summed E-state index contributed by atoms with van der Waals surface area (Å²) >= 11 is 6.00. The molecule has 0 fully saturated rings. The number of anilines is 2. The number of nitrogen functional groups attached to an aromatic ring is 2. The molecule has 33 heavy (non-hydrogen) atoms. The smallest absolute Gasteiger partial charge is 0.146 e. The van der Waals surface area contributed by atoms with E-state index in [2.05, 4.69) is 21.0 Å². The quantitative estimate of drug-likeness (QED) is 0.383. The van der Waals surface area contributed by atoms with Crippen molar-refractivity contribution in [1.82, 2.24) is 19.5 Å². The van der Waals surface area contributed by atoms with Crippen LogP contribution in [0.4, 0.5) is 16.0 Å². The van der Waals surface area contributed by atoms with Crippen molar-refractivity contribution in [2.24, 2.45) is 5.92 Å². The molecule has 9 heteroatoms. The summed E-state index contributed by atoms with van der Waals surface area (Å²) in [5, 5.41) is 12.6. The van der Waals surface area contributed by atoms with Gasteiger partial charge in [0.05, 0.1) is 27.6 Å². The van der Waals surface area contributed by atoms with E-state index in [4.69, 9.17) is 23.1 Å². The van der Waals surface area contributed by atoms with E-state index in [0.29, 0.717) is 29.6 Å². The van der Waals surface area contributed by atoms with Gasteiger partial charge < -0.3 is 21.1 Å². The monoisotopic (exact) mass is 466 g/mol. The molecule has 3 atom stereocenters. The highest BCUT2D eigenvalue weighted by Gasteiger charge is 2.39. The molecule has 1 aliphatic rings. The molecule has 170 valence electrons. The maximum absolute atomic E-state index is 14.7. The summed E-state index contributed by atoms with van der Waals surface area (Å²) in [5.74, 6) is 0.162. The van der Waals surface area contributed by atoms with Gasteiger partial charge in [-0.15, -0.1) is 0 Å². The van der Waals surface area contributed by atoms with E-state index in [1.165, 1.54) is 18.5 Å². The second-order valence-corrected chi connectivity index (χ2v) is 9.40. The molecule has 1 unspecified atom stereocenters. The molecule has 3 heterocycles. The van der Waals surface area contributed by atoms with E-state index >= 15 is 0 Å². The third-order valence-corrected chi connectivity index (χ3v) is 6.80. The van der Waals surface area contributed by atoms with E-state index in [-0.39, 0.29) is 22.8 Å². The summed E-state index contributed by atoms with van der Waals surface area (Å²) in [6, 6.07) is 6.61. The summed E-state index contributed by atoms with van der Waals surface area (Å²) in [6.07, 6.45) is 6.48. The molecule has 0 aliphatic heterocycles. The number of aromatic nitrogens is 4. The minimum Gasteiger partial charge on any atom is -0.386 e. The number of benzene rings is 1. The van der Waals surface area contributed by atoms with Gasteiger partial charge in [0.25, 0.3) is 0 Å². The van der Waals surface area contributed by atoms with E-state index in [1.54, 1.807) is 0 Å². The second-order valence-electron chi connectivity index (χ2n) is 8.99. The third-order valence-electron chi connectivity index (χ3n) is 6.49. The SMILES string of the molecule is CC(Cc1cc(F)c2cc(Cl)c(N)nc2c1)C1=C[C@@H](n2ccc3c(N)ncnc32)C[C@]1(C)O. The number of hydrogen-bond donors (Lipinski definition) is 3. The van der Waals surface area contributed by atoms with Gasteiger partial charge in [-0.3, -0.25) is 0 Å². The number of nitrogens with two attached hydrogens (primary N) is 2. The fraction of sp³-hybridized carbons (Fsp3) is 0.292. The van der Waals surface area contributed by atoms with Gasteiger partial charge in [-0.25, -0.2) is 19.3 Å². The van der Waals surface area contributed by atoms with Crippen molar-refractivity contribution in [3.63, 3.8) is 0 Å². The Morgan fingerprint density at radius 3 is 2.82 bits per heavy atom. The lowest BCUT2D eigenvalue weighted by Gasteiger charge is -2.26. The fourth-order valence-corrected chi connectivity index (χ4v) is 5.11. The number of nitrogens with zero attached hydrogens (tertiary/aromatic N) is 4. The van der Waals surface area contributed by atoms with Crippen LogP contribution in [-0.4, -0.2) is 30.2 Å². The molecule has 4 aromatic rings. The largest absolute Gasteiger partial charge is 0.386 e. The summed E-state index contributed by atoms with van der Waals surface area (Å²) in [6.45, 7) is 3.85. The van der Waals surface area contributed by atoms with Crippen LogP contribution in [0.5, 0.6) is 0 Å². The highest BCUT2D eigenvalue weighted by molar-refractivity contribution is 6.33. The number of halogens is 2. The fourth-order valence-electron chi connectivity index (χ4n) is 4.96. The lowest BCUT2D eigenvalue weighted by atomic mass is 9.85. The first-order valence-corrected chi connectivity index (χ1v) is 11.1. The zero-order valence-corrected chi connectivity index (χ0v) is 19.0. The summed E-state index contributed by atoms with van der Waals surface area (Å²) in [5.41, 5.74) is 13.6. The number of pyridine rings is 1. The van der Waals surface area contributed by atoms with Crippen LogP contribution in [0, 0.1) is 11.7 Å². The molecule has 1 aromatic carbocycles. The molecule has 1 aliphatic carbocycles. The standard InChI is InChI=1S/C24H24ClFN6O/c1-12(5-13-6-19(26)16-9-18(25)22(28)31-20(16)7-13)17-8-14(10-24(17,2)33)32-4-3-15-21(27)29-11-30-23(15)32/h3-4,6-9,11-12,14,33H,5,10H2,1-2H3,(H2,28,31)(H2,27,29,30)/t12?,14-,24+/m1/s1. The van der Waals surface area contributed by atoms with E-state index in [1.807, 2.05) is 36.7 Å². The number of fused-ring (bicyclic) bond motifs is 2. The molecular weight excluding hydrogens is 443 g/mol. The average molecular weight is 467 g/mol. The molecule has 0 amide bonds. The highest BCUT2D eigenvalue weighted by atomic mass is 35.5. The first kappa shape index (κ1) is 21.6. The van der Waals surface area contributed by atoms with Gasteiger partial charge in [-0.1, -0.05) is 24.6 Å². The van der Waals surface area contributed by atoms with E-state index < -0.39 is 11.4 Å². The molecule has 0 saturated heterocycles. The van der Waals surface area contributed by atoms with Crippen molar-refractivity contribution in [3.8, 4) is 0 Å². The average Bonchev–Trinajstić information content (AvgIpc) is 3.31. The summed E-state index contributed by atoms with van der Waals surface area (Å²) in [4.78, 5) is 12.6. The Kier molecular flexibility index (Phi) is 5.02. The molecule has 0 radical (unpaired) electrons. The Morgan fingerprint density at radius 2 is 2.03 bits per heavy atom. The summed E-state index contributed by atoms with van der Waals surface area (Å²) < 4.78 is 16.7. The van der Waals surface area contributed by atoms with Gasteiger partial charge in [0.2, 0.25) is 0 Å². The van der Waals surface area contributed by atoms with Crippen LogP contribution in [0.15, 0.2) is 48.4 Å². The maximum atomic E-state index is 14.7. The van der Waals surface area contributed by atoms with Crippen LogP contribution in [0.25, 0.3) is 21.9 Å². The van der Waals surface area contributed by atoms with Crippen molar-refractivity contribution >= 4 is 45.2 Å². The van der Waals surface area contributed by atoms with Gasteiger partial charge in [-0.05, 0) is 54.7 Å². The summed E-state index contributed by atoms with van der Waals surface area (Å²) in [7, 11) is 0. The minimum absolute atomic E-state index is 0.0342. The highest BCUT2D eigenvalue weighted by Crippen LogP contribution is 2.42. The number of allylic oxidation sites excluding steroid dienone is 1. The van der Waals surface area contributed by atoms with Crippen molar-refractivity contribution in [3.05, 3.63) is 64.8 Å². The Labute approximate surface area is 194 Å². The van der Waals surface area contributed by atoms with Crippen molar-refractivity contribution in [2.75, 3.05) is 11.5 Å². The molecular formula is C24H24ClFN6O. The second kappa shape index (κ2) is 7.67. The predicted molar refractivity (Wildman–Crippen MR) is 128 cm³/mol. The first-order valence-electron chi connectivity index (χ1n) is 10.7. The topological polar surface area (TPSA) is 116 Å². The van der Waals surface area contributed by atoms with Crippen LogP contribution in [0.1, 0.15) is 31.9 Å². The molecule has 0 saturated carbocycles. The van der Waals surface area contributed by atoms with Gasteiger partial charge in [0.15, 0.2) is 0 Å². The molecule has 0 bridgehead atoms.